The minimum Gasteiger partial charge on any atom is -0.365 e. The molecule has 0 atom stereocenters. The zero-order valence-corrected chi connectivity index (χ0v) is 8.09. The highest BCUT2D eigenvalue weighted by molar-refractivity contribution is 7.82. The third kappa shape index (κ3) is 1.97. The second kappa shape index (κ2) is 3.37. The molecule has 1 aliphatic rings. The first-order valence-electron chi connectivity index (χ1n) is 3.76. The van der Waals surface area contributed by atoms with E-state index < -0.39 is 10.4 Å². The number of hydrogen-bond acceptors (Lipinski definition) is 8. The molecule has 9 heteroatoms. The van der Waals surface area contributed by atoms with Gasteiger partial charge in [-0.1, -0.05) is 6.07 Å². The van der Waals surface area contributed by atoms with Gasteiger partial charge >= 0.3 is 10.4 Å². The third-order valence-corrected chi connectivity index (χ3v) is 2.04. The summed E-state index contributed by atoms with van der Waals surface area (Å²) in [6.07, 6.45) is 1.45. The fourth-order valence-corrected chi connectivity index (χ4v) is 1.42. The summed E-state index contributed by atoms with van der Waals surface area (Å²) in [5.41, 5.74) is 5.35. The Balaban J connectivity index is 2.38. The van der Waals surface area contributed by atoms with Crippen molar-refractivity contribution >= 4 is 22.2 Å². The molecule has 0 aliphatic carbocycles. The average Bonchev–Trinajstić information content (AvgIpc) is 2.23. The molecular formula is C6H6N4O4S. The summed E-state index contributed by atoms with van der Waals surface area (Å²) < 4.78 is 30.2. The van der Waals surface area contributed by atoms with Crippen LogP contribution in [0.4, 0.5) is 5.82 Å². The van der Waals surface area contributed by atoms with Crippen molar-refractivity contribution in [3.63, 3.8) is 0 Å². The number of rotatable bonds is 1. The Morgan fingerprint density at radius 2 is 2.20 bits per heavy atom. The number of nitrogens with zero attached hydrogens (tertiary/aromatic N) is 3. The zero-order valence-electron chi connectivity index (χ0n) is 7.27. The highest BCUT2D eigenvalue weighted by Gasteiger charge is 2.29. The van der Waals surface area contributed by atoms with Crippen molar-refractivity contribution in [2.45, 2.75) is 0 Å². The van der Waals surface area contributed by atoms with E-state index in [2.05, 4.69) is 18.7 Å². The van der Waals surface area contributed by atoms with Gasteiger partial charge in [0.2, 0.25) is 0 Å². The van der Waals surface area contributed by atoms with Gasteiger partial charge in [-0.3, -0.25) is 0 Å². The monoisotopic (exact) mass is 230 g/mol. The molecule has 0 saturated heterocycles. The fourth-order valence-electron chi connectivity index (χ4n) is 0.893. The van der Waals surface area contributed by atoms with Crippen LogP contribution in [0.1, 0.15) is 0 Å². The van der Waals surface area contributed by atoms with E-state index in [-0.39, 0.29) is 11.8 Å². The van der Waals surface area contributed by atoms with Crippen molar-refractivity contribution in [1.29, 1.82) is 0 Å². The molecule has 2 heterocycles. The molecule has 1 aromatic heterocycles. The van der Waals surface area contributed by atoms with Crippen molar-refractivity contribution < 1.29 is 17.0 Å². The summed E-state index contributed by atoms with van der Waals surface area (Å²) >= 11 is 0. The van der Waals surface area contributed by atoms with Gasteiger partial charge in [0.25, 0.3) is 5.96 Å². The van der Waals surface area contributed by atoms with Gasteiger partial charge in [0.15, 0.2) is 5.82 Å². The second-order valence-electron chi connectivity index (χ2n) is 2.49. The molecule has 0 saturated carbocycles. The Labute approximate surface area is 85.2 Å². The first kappa shape index (κ1) is 9.68. The molecule has 15 heavy (non-hydrogen) atoms. The number of oxime groups is 1. The van der Waals surface area contributed by atoms with E-state index in [4.69, 9.17) is 5.73 Å². The molecule has 0 spiro atoms. The van der Waals surface area contributed by atoms with E-state index in [9.17, 15) is 8.42 Å². The summed E-state index contributed by atoms with van der Waals surface area (Å²) in [4.78, 5) is 3.84. The zero-order chi connectivity index (χ0) is 10.9. The van der Waals surface area contributed by atoms with Gasteiger partial charge in [-0.05, 0) is 17.3 Å². The molecule has 80 valence electrons. The van der Waals surface area contributed by atoms with Gasteiger partial charge in [0.1, 0.15) is 0 Å². The van der Waals surface area contributed by atoms with Gasteiger partial charge in [-0.2, -0.15) is 8.42 Å². The van der Waals surface area contributed by atoms with E-state index in [0.29, 0.717) is 0 Å². The Bertz CT molecular complexity index is 485. The van der Waals surface area contributed by atoms with Crippen LogP contribution in [0.15, 0.2) is 29.6 Å². The molecule has 2 N–H and O–H groups in total. The highest BCUT2D eigenvalue weighted by atomic mass is 32.3. The summed E-state index contributed by atoms with van der Waals surface area (Å²) in [7, 11) is -4.19. The van der Waals surface area contributed by atoms with Gasteiger partial charge in [-0.15, -0.1) is 9.35 Å². The van der Waals surface area contributed by atoms with Crippen molar-refractivity contribution in [2.75, 3.05) is 5.06 Å². The number of pyridine rings is 1. The van der Waals surface area contributed by atoms with Crippen molar-refractivity contribution in [2.24, 2.45) is 10.9 Å². The predicted molar refractivity (Wildman–Crippen MR) is 49.4 cm³/mol. The van der Waals surface area contributed by atoms with E-state index in [0.717, 1.165) is 5.06 Å². The first-order valence-corrected chi connectivity index (χ1v) is 5.10. The minimum atomic E-state index is -4.19. The summed E-state index contributed by atoms with van der Waals surface area (Å²) in [6, 6.07) is 4.80. The van der Waals surface area contributed by atoms with Crippen LogP contribution in [0.5, 0.6) is 0 Å². The number of anilines is 1. The molecule has 0 fully saturated rings. The Morgan fingerprint density at radius 3 is 2.87 bits per heavy atom. The molecule has 1 aromatic rings. The number of nitrogens with two attached hydrogens (primary N) is 1. The van der Waals surface area contributed by atoms with Gasteiger partial charge < -0.3 is 5.73 Å². The quantitative estimate of drug-likeness (QED) is 0.681. The van der Waals surface area contributed by atoms with Crippen molar-refractivity contribution in [3.05, 3.63) is 24.4 Å². The van der Waals surface area contributed by atoms with Crippen LogP contribution in [0.25, 0.3) is 0 Å². The van der Waals surface area contributed by atoms with Crippen LogP contribution in [0, 0.1) is 0 Å². The number of hydroxylamine groups is 1. The fraction of sp³-hybridized carbons (Fsp3) is 0. The maximum atomic E-state index is 10.9. The molecular weight excluding hydrogens is 224 g/mol. The lowest BCUT2D eigenvalue weighted by molar-refractivity contribution is 0.201. The van der Waals surface area contributed by atoms with E-state index >= 15 is 0 Å². The van der Waals surface area contributed by atoms with E-state index in [1.54, 1.807) is 12.1 Å². The third-order valence-electron chi connectivity index (χ3n) is 1.45. The number of guanidine groups is 1. The Hall–Kier alpha value is -1.87. The molecule has 0 unspecified atom stereocenters. The maximum absolute atomic E-state index is 10.9. The number of aromatic nitrogens is 1. The molecule has 0 aromatic carbocycles. The molecule has 0 bridgehead atoms. The summed E-state index contributed by atoms with van der Waals surface area (Å²) in [6.45, 7) is 0. The Morgan fingerprint density at radius 1 is 1.40 bits per heavy atom. The molecule has 2 rings (SSSR count). The molecule has 1 aliphatic heterocycles. The predicted octanol–water partition coefficient (Wildman–Crippen LogP) is -0.676. The van der Waals surface area contributed by atoms with Gasteiger partial charge in [-0.25, -0.2) is 9.27 Å². The lowest BCUT2D eigenvalue weighted by Gasteiger charge is -2.21. The summed E-state index contributed by atoms with van der Waals surface area (Å²) in [5, 5.41) is 3.86. The normalized spacial score (nSPS) is 19.2. The van der Waals surface area contributed by atoms with Crippen LogP contribution >= 0.6 is 0 Å². The van der Waals surface area contributed by atoms with Crippen LogP contribution in [-0.2, 0) is 19.0 Å². The van der Waals surface area contributed by atoms with E-state index in [1.807, 2.05) is 0 Å². The van der Waals surface area contributed by atoms with Crippen LogP contribution in [0.2, 0.25) is 0 Å². The van der Waals surface area contributed by atoms with Crippen LogP contribution in [0.3, 0.4) is 0 Å². The lowest BCUT2D eigenvalue weighted by Crippen LogP contribution is -2.43. The molecule has 8 nitrogen and oxygen atoms in total. The minimum absolute atomic E-state index is 0.186. The van der Waals surface area contributed by atoms with E-state index in [1.165, 1.54) is 12.3 Å². The highest BCUT2D eigenvalue weighted by Crippen LogP contribution is 2.16. The first-order chi connectivity index (χ1) is 7.08. The standard InChI is InChI=1S/C6H6N4O4S/c7-6-9-13-15(11,12)14-10(6)5-3-1-2-4-8-5/h1-4H,(H2,7,9). The largest absolute Gasteiger partial charge is 0.491 e. The molecule has 0 amide bonds. The number of hydrogen-bond donors (Lipinski definition) is 1. The maximum Gasteiger partial charge on any atom is 0.491 e. The Kier molecular flexibility index (Phi) is 2.17. The van der Waals surface area contributed by atoms with Crippen molar-refractivity contribution in [3.8, 4) is 0 Å². The van der Waals surface area contributed by atoms with Crippen molar-refractivity contribution in [1.82, 2.24) is 4.98 Å². The lowest BCUT2D eigenvalue weighted by atomic mass is 10.5. The SMILES string of the molecule is NC1=NOS(=O)(=O)ON1c1ccccn1. The summed E-state index contributed by atoms with van der Waals surface area (Å²) in [5.74, 6) is -0.0749. The topological polar surface area (TPSA) is 107 Å². The smallest absolute Gasteiger partial charge is 0.365 e. The second-order valence-corrected chi connectivity index (χ2v) is 3.60. The van der Waals surface area contributed by atoms with Gasteiger partial charge in [0.05, 0.1) is 0 Å². The average molecular weight is 230 g/mol. The van der Waals surface area contributed by atoms with Crippen LogP contribution < -0.4 is 10.8 Å². The van der Waals surface area contributed by atoms with Gasteiger partial charge in [0, 0.05) is 6.20 Å². The van der Waals surface area contributed by atoms with Crippen LogP contribution in [-0.4, -0.2) is 19.4 Å². The molecule has 0 radical (unpaired) electrons.